The molecule has 2 N–H and O–H groups in total. The second-order valence-corrected chi connectivity index (χ2v) is 6.62. The van der Waals surface area contributed by atoms with Gasteiger partial charge in [0, 0.05) is 38.4 Å². The summed E-state index contributed by atoms with van der Waals surface area (Å²) in [7, 11) is 2.18. The van der Waals surface area contributed by atoms with E-state index >= 15 is 0 Å². The Kier molecular flexibility index (Phi) is 3.40. The van der Waals surface area contributed by atoms with Crippen LogP contribution in [-0.2, 0) is 11.2 Å². The minimum Gasteiger partial charge on any atom is -0.374 e. The summed E-state index contributed by atoms with van der Waals surface area (Å²) >= 11 is 0. The van der Waals surface area contributed by atoms with Crippen LogP contribution in [0.4, 0.5) is 5.69 Å². The predicted molar refractivity (Wildman–Crippen MR) is 84.7 cm³/mol. The molecule has 4 rings (SSSR count). The molecule has 0 spiro atoms. The van der Waals surface area contributed by atoms with Crippen molar-refractivity contribution in [3.8, 4) is 0 Å². The highest BCUT2D eigenvalue weighted by atomic mass is 16.5. The average molecular weight is 287 g/mol. The molecule has 2 heterocycles. The van der Waals surface area contributed by atoms with Gasteiger partial charge in [-0.15, -0.1) is 0 Å². The predicted octanol–water partition coefficient (Wildman–Crippen LogP) is 1.54. The number of hydrogen-bond acceptors (Lipinski definition) is 4. The van der Waals surface area contributed by atoms with Gasteiger partial charge >= 0.3 is 0 Å². The Morgan fingerprint density at radius 1 is 1.29 bits per heavy atom. The molecular weight excluding hydrogens is 262 g/mol. The molecule has 21 heavy (non-hydrogen) atoms. The zero-order valence-electron chi connectivity index (χ0n) is 12.8. The second kappa shape index (κ2) is 5.27. The highest BCUT2D eigenvalue weighted by Gasteiger charge is 2.41. The quantitative estimate of drug-likeness (QED) is 0.916. The monoisotopic (exact) mass is 287 g/mol. The minimum absolute atomic E-state index is 0.136. The molecule has 0 aromatic heterocycles. The van der Waals surface area contributed by atoms with Crippen LogP contribution in [0.5, 0.6) is 0 Å². The smallest absolute Gasteiger partial charge is 0.0894 e. The molecule has 1 aromatic rings. The Balaban J connectivity index is 1.68. The van der Waals surface area contributed by atoms with Gasteiger partial charge in [0.05, 0.1) is 18.8 Å². The molecule has 1 saturated heterocycles. The van der Waals surface area contributed by atoms with Crippen LogP contribution in [0, 0.1) is 0 Å². The summed E-state index contributed by atoms with van der Waals surface area (Å²) in [5, 5.41) is 0. The summed E-state index contributed by atoms with van der Waals surface area (Å²) in [5.41, 5.74) is 10.2. The van der Waals surface area contributed by atoms with Crippen molar-refractivity contribution in [3.05, 3.63) is 29.3 Å². The average Bonchev–Trinajstić information content (AvgIpc) is 3.31. The standard InChI is InChI=1S/C17H25N3O/c1-19-7-6-12-10-13(2-5-15(12)19)17-16(11-18)21-9-8-20(17)14-3-4-14/h2,5,10,14,16-17H,3-4,6-9,11,18H2,1H3. The van der Waals surface area contributed by atoms with E-state index in [0.29, 0.717) is 12.6 Å². The summed E-state index contributed by atoms with van der Waals surface area (Å²) < 4.78 is 5.97. The Labute approximate surface area is 126 Å². The van der Waals surface area contributed by atoms with Gasteiger partial charge in [0.25, 0.3) is 0 Å². The Hall–Kier alpha value is -1.10. The molecule has 0 radical (unpaired) electrons. The minimum atomic E-state index is 0.136. The van der Waals surface area contributed by atoms with Crippen molar-refractivity contribution in [1.82, 2.24) is 4.90 Å². The number of hydrogen-bond donors (Lipinski definition) is 1. The van der Waals surface area contributed by atoms with Crippen molar-refractivity contribution in [2.75, 3.05) is 38.2 Å². The molecule has 2 unspecified atom stereocenters. The first-order valence-corrected chi connectivity index (χ1v) is 8.19. The topological polar surface area (TPSA) is 41.7 Å². The number of ether oxygens (including phenoxy) is 1. The zero-order chi connectivity index (χ0) is 14.4. The normalized spacial score (nSPS) is 29.7. The van der Waals surface area contributed by atoms with E-state index in [1.54, 1.807) is 0 Å². The van der Waals surface area contributed by atoms with Gasteiger partial charge in [-0.2, -0.15) is 0 Å². The molecule has 2 aliphatic heterocycles. The van der Waals surface area contributed by atoms with Crippen LogP contribution in [0.1, 0.15) is 30.0 Å². The molecule has 2 fully saturated rings. The largest absolute Gasteiger partial charge is 0.374 e. The molecule has 0 amide bonds. The second-order valence-electron chi connectivity index (χ2n) is 6.62. The van der Waals surface area contributed by atoms with E-state index in [0.717, 1.165) is 32.2 Å². The number of anilines is 1. The van der Waals surface area contributed by atoms with E-state index in [4.69, 9.17) is 10.5 Å². The number of morpholine rings is 1. The van der Waals surface area contributed by atoms with Crippen molar-refractivity contribution in [2.45, 2.75) is 37.5 Å². The van der Waals surface area contributed by atoms with Gasteiger partial charge in [-0.1, -0.05) is 12.1 Å². The van der Waals surface area contributed by atoms with E-state index in [-0.39, 0.29) is 6.10 Å². The maximum Gasteiger partial charge on any atom is 0.0894 e. The molecule has 4 heteroatoms. The summed E-state index contributed by atoms with van der Waals surface area (Å²) in [6, 6.07) is 8.07. The number of benzene rings is 1. The highest BCUT2D eigenvalue weighted by Crippen LogP contribution is 2.40. The van der Waals surface area contributed by atoms with Gasteiger partial charge < -0.3 is 15.4 Å². The molecular formula is C17H25N3O. The van der Waals surface area contributed by atoms with Crippen LogP contribution in [0.2, 0.25) is 0 Å². The summed E-state index contributed by atoms with van der Waals surface area (Å²) in [6.07, 6.45) is 3.96. The molecule has 1 aromatic carbocycles. The lowest BCUT2D eigenvalue weighted by Gasteiger charge is -2.41. The van der Waals surface area contributed by atoms with Crippen LogP contribution < -0.4 is 10.6 Å². The van der Waals surface area contributed by atoms with E-state index in [2.05, 4.69) is 35.0 Å². The van der Waals surface area contributed by atoms with Gasteiger partial charge in [0.1, 0.15) is 0 Å². The van der Waals surface area contributed by atoms with Crippen LogP contribution in [0.25, 0.3) is 0 Å². The van der Waals surface area contributed by atoms with Crippen molar-refractivity contribution in [1.29, 1.82) is 0 Å². The third-order valence-electron chi connectivity index (χ3n) is 5.21. The van der Waals surface area contributed by atoms with Crippen molar-refractivity contribution in [3.63, 3.8) is 0 Å². The summed E-state index contributed by atoms with van der Waals surface area (Å²) in [6.45, 7) is 3.60. The van der Waals surface area contributed by atoms with Crippen LogP contribution in [0.3, 0.4) is 0 Å². The molecule has 1 aliphatic carbocycles. The SMILES string of the molecule is CN1CCc2cc(C3C(CN)OCCN3C3CC3)ccc21. The Morgan fingerprint density at radius 2 is 2.14 bits per heavy atom. The van der Waals surface area contributed by atoms with Crippen molar-refractivity contribution >= 4 is 5.69 Å². The Bertz CT molecular complexity index is 529. The third-order valence-corrected chi connectivity index (χ3v) is 5.21. The zero-order valence-corrected chi connectivity index (χ0v) is 12.8. The van der Waals surface area contributed by atoms with Crippen molar-refractivity contribution < 1.29 is 4.74 Å². The molecule has 3 aliphatic rings. The number of nitrogens with two attached hydrogens (primary N) is 1. The maximum atomic E-state index is 5.99. The Morgan fingerprint density at radius 3 is 2.90 bits per heavy atom. The molecule has 114 valence electrons. The fourth-order valence-electron chi connectivity index (χ4n) is 3.94. The third kappa shape index (κ3) is 2.35. The van der Waals surface area contributed by atoms with E-state index in [1.165, 1.54) is 29.7 Å². The summed E-state index contributed by atoms with van der Waals surface area (Å²) in [4.78, 5) is 4.98. The van der Waals surface area contributed by atoms with Gasteiger partial charge in [-0.3, -0.25) is 4.90 Å². The number of nitrogens with zero attached hydrogens (tertiary/aromatic N) is 2. The van der Waals surface area contributed by atoms with E-state index in [9.17, 15) is 0 Å². The molecule has 2 atom stereocenters. The van der Waals surface area contributed by atoms with Gasteiger partial charge in [0.15, 0.2) is 0 Å². The van der Waals surface area contributed by atoms with Gasteiger partial charge in [-0.25, -0.2) is 0 Å². The van der Waals surface area contributed by atoms with Crippen LogP contribution in [-0.4, -0.2) is 50.3 Å². The first-order valence-electron chi connectivity index (χ1n) is 8.19. The molecule has 0 bridgehead atoms. The first-order chi connectivity index (χ1) is 10.3. The lowest BCUT2D eigenvalue weighted by atomic mass is 9.95. The summed E-state index contributed by atoms with van der Waals surface area (Å²) in [5.74, 6) is 0. The maximum absolute atomic E-state index is 5.99. The fourth-order valence-corrected chi connectivity index (χ4v) is 3.94. The van der Waals surface area contributed by atoms with Crippen molar-refractivity contribution in [2.24, 2.45) is 5.73 Å². The van der Waals surface area contributed by atoms with E-state index < -0.39 is 0 Å². The van der Waals surface area contributed by atoms with Gasteiger partial charge in [0.2, 0.25) is 0 Å². The lowest BCUT2D eigenvalue weighted by Crippen LogP contribution is -2.49. The van der Waals surface area contributed by atoms with Crippen LogP contribution >= 0.6 is 0 Å². The lowest BCUT2D eigenvalue weighted by molar-refractivity contribution is -0.0712. The number of rotatable bonds is 3. The fraction of sp³-hybridized carbons (Fsp3) is 0.647. The molecule has 1 saturated carbocycles. The molecule has 4 nitrogen and oxygen atoms in total. The van der Waals surface area contributed by atoms with E-state index in [1.807, 2.05) is 0 Å². The van der Waals surface area contributed by atoms with Gasteiger partial charge in [-0.05, 0) is 36.5 Å². The highest BCUT2D eigenvalue weighted by molar-refractivity contribution is 5.58. The number of likely N-dealkylation sites (N-methyl/N-ethyl adjacent to an activating group) is 1. The first kappa shape index (κ1) is 13.6. The van der Waals surface area contributed by atoms with Crippen LogP contribution in [0.15, 0.2) is 18.2 Å². The number of fused-ring (bicyclic) bond motifs is 1.